The van der Waals surface area contributed by atoms with Gasteiger partial charge in [0.2, 0.25) is 0 Å². The van der Waals surface area contributed by atoms with Crippen molar-refractivity contribution in [3.8, 4) is 5.75 Å². The van der Waals surface area contributed by atoms with E-state index in [0.29, 0.717) is 10.7 Å². The first-order valence-electron chi connectivity index (χ1n) is 7.95. The van der Waals surface area contributed by atoms with Gasteiger partial charge in [0, 0.05) is 0 Å². The molecule has 0 spiro atoms. The maximum atomic E-state index is 12.2. The highest BCUT2D eigenvalue weighted by molar-refractivity contribution is 7.22. The molecule has 0 radical (unpaired) electrons. The average Bonchev–Trinajstić information content (AvgIpc) is 3.02. The number of amides is 1. The maximum Gasteiger partial charge on any atom is 0.338 e. The summed E-state index contributed by atoms with van der Waals surface area (Å²) in [6, 6.07) is 11.0. The number of rotatable bonds is 5. The highest BCUT2D eigenvalue weighted by Crippen LogP contribution is 2.29. The summed E-state index contributed by atoms with van der Waals surface area (Å²) in [5, 5.41) is 3.10. The van der Waals surface area contributed by atoms with Crippen molar-refractivity contribution in [3.63, 3.8) is 0 Å². The second-order valence-electron chi connectivity index (χ2n) is 5.80. The molecule has 3 rings (SSSR count). The van der Waals surface area contributed by atoms with E-state index >= 15 is 0 Å². The van der Waals surface area contributed by atoms with Crippen LogP contribution < -0.4 is 10.1 Å². The molecule has 0 fully saturated rings. The Bertz CT molecular complexity index is 981. The zero-order chi connectivity index (χ0) is 18.7. The van der Waals surface area contributed by atoms with E-state index in [1.807, 2.05) is 38.1 Å². The fraction of sp³-hybridized carbons (Fsp3) is 0.211. The van der Waals surface area contributed by atoms with Crippen LogP contribution in [-0.4, -0.2) is 30.6 Å². The minimum absolute atomic E-state index is 0.370. The molecule has 134 valence electrons. The van der Waals surface area contributed by atoms with E-state index in [1.165, 1.54) is 11.3 Å². The van der Waals surface area contributed by atoms with Crippen molar-refractivity contribution in [1.29, 1.82) is 0 Å². The van der Waals surface area contributed by atoms with Gasteiger partial charge < -0.3 is 9.47 Å². The van der Waals surface area contributed by atoms with Crippen LogP contribution in [0.5, 0.6) is 5.75 Å². The van der Waals surface area contributed by atoms with Gasteiger partial charge in [-0.2, -0.15) is 0 Å². The highest BCUT2D eigenvalue weighted by atomic mass is 32.1. The summed E-state index contributed by atoms with van der Waals surface area (Å²) in [6.07, 6.45) is 0. The van der Waals surface area contributed by atoms with Crippen molar-refractivity contribution in [1.82, 2.24) is 4.98 Å². The molecule has 2 aromatic carbocycles. The zero-order valence-corrected chi connectivity index (χ0v) is 15.5. The molecule has 1 aromatic heterocycles. The smallest absolute Gasteiger partial charge is 0.338 e. The molecule has 26 heavy (non-hydrogen) atoms. The summed E-state index contributed by atoms with van der Waals surface area (Å²) in [4.78, 5) is 28.5. The maximum absolute atomic E-state index is 12.2. The lowest BCUT2D eigenvalue weighted by Gasteiger charge is -2.07. The van der Waals surface area contributed by atoms with Gasteiger partial charge in [0.05, 0.1) is 22.9 Å². The van der Waals surface area contributed by atoms with E-state index in [-0.39, 0.29) is 6.61 Å². The van der Waals surface area contributed by atoms with Crippen LogP contribution in [0.4, 0.5) is 5.13 Å². The average molecular weight is 370 g/mol. The molecule has 6 nitrogen and oxygen atoms in total. The number of benzene rings is 2. The summed E-state index contributed by atoms with van der Waals surface area (Å²) < 4.78 is 11.2. The lowest BCUT2D eigenvalue weighted by molar-refractivity contribution is -0.119. The highest BCUT2D eigenvalue weighted by Gasteiger charge is 2.14. The van der Waals surface area contributed by atoms with E-state index in [4.69, 9.17) is 9.47 Å². The van der Waals surface area contributed by atoms with Crippen LogP contribution in [0.25, 0.3) is 10.2 Å². The van der Waals surface area contributed by atoms with Gasteiger partial charge >= 0.3 is 5.97 Å². The molecular formula is C19H18N2O4S. The lowest BCUT2D eigenvalue weighted by Crippen LogP contribution is -2.21. The molecule has 3 aromatic rings. The van der Waals surface area contributed by atoms with E-state index in [0.717, 1.165) is 27.1 Å². The third-order valence-corrected chi connectivity index (χ3v) is 4.72. The second-order valence-corrected chi connectivity index (χ2v) is 6.83. The number of esters is 1. The number of hydrogen-bond donors (Lipinski definition) is 1. The molecular weight excluding hydrogens is 352 g/mol. The summed E-state index contributed by atoms with van der Waals surface area (Å²) >= 11 is 1.33. The number of hydrogen-bond acceptors (Lipinski definition) is 6. The number of anilines is 1. The number of aryl methyl sites for hydroxylation is 2. The Balaban J connectivity index is 1.62. The Morgan fingerprint density at radius 2 is 1.96 bits per heavy atom. The minimum Gasteiger partial charge on any atom is -0.497 e. The molecule has 1 N–H and O–H groups in total. The number of fused-ring (bicyclic) bond motifs is 1. The van der Waals surface area contributed by atoms with Gasteiger partial charge in [-0.1, -0.05) is 29.0 Å². The number of methoxy groups -OCH3 is 1. The van der Waals surface area contributed by atoms with Gasteiger partial charge in [0.25, 0.3) is 5.91 Å². The fourth-order valence-corrected chi connectivity index (χ4v) is 3.32. The fourth-order valence-electron chi connectivity index (χ4n) is 2.41. The molecule has 7 heteroatoms. The number of carbonyl (C=O) groups is 2. The Labute approximate surface area is 154 Å². The quantitative estimate of drug-likeness (QED) is 0.693. The molecule has 0 aliphatic heterocycles. The van der Waals surface area contributed by atoms with Crippen LogP contribution in [0, 0.1) is 13.8 Å². The van der Waals surface area contributed by atoms with Crippen molar-refractivity contribution in [3.05, 3.63) is 53.1 Å². The van der Waals surface area contributed by atoms with Gasteiger partial charge in [-0.25, -0.2) is 9.78 Å². The van der Waals surface area contributed by atoms with Gasteiger partial charge in [-0.3, -0.25) is 10.1 Å². The zero-order valence-electron chi connectivity index (χ0n) is 14.7. The number of ether oxygens (including phenoxy) is 2. The number of thiazole rings is 1. The SMILES string of the molecule is COc1ccc2nc(NC(=O)COC(=O)c3cc(C)ccc3C)sc2c1. The molecule has 1 amide bonds. The molecule has 0 unspecified atom stereocenters. The van der Waals surface area contributed by atoms with E-state index in [2.05, 4.69) is 10.3 Å². The van der Waals surface area contributed by atoms with Crippen LogP contribution in [0.15, 0.2) is 36.4 Å². The molecule has 0 saturated heterocycles. The molecule has 0 saturated carbocycles. The standard InChI is InChI=1S/C19H18N2O4S/c1-11-4-5-12(2)14(8-11)18(23)25-10-17(22)21-19-20-15-7-6-13(24-3)9-16(15)26-19/h4-9H,10H2,1-3H3,(H,20,21,22). The molecule has 0 aliphatic carbocycles. The van der Waals surface area contributed by atoms with Gasteiger partial charge in [0.15, 0.2) is 11.7 Å². The van der Waals surface area contributed by atoms with Crippen LogP contribution in [0.2, 0.25) is 0 Å². The largest absolute Gasteiger partial charge is 0.497 e. The predicted molar refractivity (Wildman–Crippen MR) is 101 cm³/mol. The Hall–Kier alpha value is -2.93. The first-order chi connectivity index (χ1) is 12.5. The Kier molecular flexibility index (Phi) is 5.18. The van der Waals surface area contributed by atoms with E-state index in [9.17, 15) is 9.59 Å². The first kappa shape index (κ1) is 17.9. The van der Waals surface area contributed by atoms with Crippen LogP contribution in [0.3, 0.4) is 0 Å². The van der Waals surface area contributed by atoms with Crippen molar-refractivity contribution in [2.75, 3.05) is 19.0 Å². The number of nitrogens with one attached hydrogen (secondary N) is 1. The molecule has 0 bridgehead atoms. The third-order valence-electron chi connectivity index (χ3n) is 3.79. The number of carbonyl (C=O) groups excluding carboxylic acids is 2. The summed E-state index contributed by atoms with van der Waals surface area (Å²) in [6.45, 7) is 3.35. The third kappa shape index (κ3) is 4.00. The number of nitrogens with zero attached hydrogens (tertiary/aromatic N) is 1. The molecule has 1 heterocycles. The van der Waals surface area contributed by atoms with Gasteiger partial charge in [0.1, 0.15) is 5.75 Å². The van der Waals surface area contributed by atoms with Crippen molar-refractivity contribution < 1.29 is 19.1 Å². The normalized spacial score (nSPS) is 10.6. The van der Waals surface area contributed by atoms with E-state index in [1.54, 1.807) is 19.2 Å². The van der Waals surface area contributed by atoms with Crippen LogP contribution >= 0.6 is 11.3 Å². The molecule has 0 aliphatic rings. The first-order valence-corrected chi connectivity index (χ1v) is 8.76. The van der Waals surface area contributed by atoms with Crippen molar-refractivity contribution in [2.45, 2.75) is 13.8 Å². The van der Waals surface area contributed by atoms with Gasteiger partial charge in [-0.15, -0.1) is 0 Å². The second kappa shape index (κ2) is 7.53. The van der Waals surface area contributed by atoms with Crippen molar-refractivity contribution in [2.24, 2.45) is 0 Å². The predicted octanol–water partition coefficient (Wildman–Crippen LogP) is 3.72. The lowest BCUT2D eigenvalue weighted by atomic mass is 10.1. The van der Waals surface area contributed by atoms with E-state index < -0.39 is 11.9 Å². The van der Waals surface area contributed by atoms with Gasteiger partial charge in [-0.05, 0) is 43.7 Å². The topological polar surface area (TPSA) is 77.5 Å². The minimum atomic E-state index is -0.518. The monoisotopic (exact) mass is 370 g/mol. The number of aromatic nitrogens is 1. The Morgan fingerprint density at radius 3 is 2.73 bits per heavy atom. The van der Waals surface area contributed by atoms with Crippen molar-refractivity contribution >= 4 is 38.6 Å². The van der Waals surface area contributed by atoms with Crippen LogP contribution in [0.1, 0.15) is 21.5 Å². The van der Waals surface area contributed by atoms with Crippen LogP contribution in [-0.2, 0) is 9.53 Å². The summed E-state index contributed by atoms with van der Waals surface area (Å²) in [5.74, 6) is -0.230. The summed E-state index contributed by atoms with van der Waals surface area (Å²) in [7, 11) is 1.59. The Morgan fingerprint density at radius 1 is 1.15 bits per heavy atom. The summed E-state index contributed by atoms with van der Waals surface area (Å²) in [5.41, 5.74) is 2.99. The molecule has 0 atom stereocenters.